The molecule has 0 radical (unpaired) electrons. The highest BCUT2D eigenvalue weighted by atomic mass is 16.6. The summed E-state index contributed by atoms with van der Waals surface area (Å²) in [7, 11) is 0. The quantitative estimate of drug-likeness (QED) is 0.692. The van der Waals surface area contributed by atoms with Gasteiger partial charge < -0.3 is 19.7 Å². The molecule has 4 rings (SSSR count). The first-order valence-corrected chi connectivity index (χ1v) is 9.65. The third-order valence-corrected chi connectivity index (χ3v) is 4.72. The second kappa shape index (κ2) is 8.22. The number of anilines is 3. The lowest BCUT2D eigenvalue weighted by molar-refractivity contribution is 0.102. The molecule has 29 heavy (non-hydrogen) atoms. The Morgan fingerprint density at radius 3 is 2.59 bits per heavy atom. The van der Waals surface area contributed by atoms with Crippen molar-refractivity contribution < 1.29 is 14.3 Å². The Bertz CT molecular complexity index is 1020. The van der Waals surface area contributed by atoms with E-state index in [-0.39, 0.29) is 5.91 Å². The van der Waals surface area contributed by atoms with Crippen molar-refractivity contribution in [3.8, 4) is 11.5 Å². The fourth-order valence-electron chi connectivity index (χ4n) is 3.31. The number of amides is 1. The van der Waals surface area contributed by atoms with Gasteiger partial charge in [-0.3, -0.25) is 4.79 Å². The van der Waals surface area contributed by atoms with Gasteiger partial charge in [0.1, 0.15) is 18.9 Å². The molecule has 1 aromatic heterocycles. The van der Waals surface area contributed by atoms with Gasteiger partial charge in [0.2, 0.25) is 0 Å². The van der Waals surface area contributed by atoms with Crippen LogP contribution in [0.5, 0.6) is 11.5 Å². The van der Waals surface area contributed by atoms with E-state index in [4.69, 9.17) is 9.47 Å². The van der Waals surface area contributed by atoms with Gasteiger partial charge in [0, 0.05) is 24.0 Å². The Morgan fingerprint density at radius 1 is 1.03 bits per heavy atom. The van der Waals surface area contributed by atoms with Gasteiger partial charge in [-0.05, 0) is 55.8 Å². The van der Waals surface area contributed by atoms with Crippen molar-refractivity contribution in [3.05, 3.63) is 72.1 Å². The van der Waals surface area contributed by atoms with Crippen molar-refractivity contribution in [1.82, 2.24) is 4.98 Å². The molecule has 6 nitrogen and oxygen atoms in total. The van der Waals surface area contributed by atoms with Gasteiger partial charge >= 0.3 is 0 Å². The van der Waals surface area contributed by atoms with E-state index in [2.05, 4.69) is 47.2 Å². The Balaban J connectivity index is 1.49. The summed E-state index contributed by atoms with van der Waals surface area (Å²) in [5, 5.41) is 2.86. The van der Waals surface area contributed by atoms with Crippen molar-refractivity contribution in [3.63, 3.8) is 0 Å². The van der Waals surface area contributed by atoms with Gasteiger partial charge in [0.05, 0.1) is 11.9 Å². The minimum absolute atomic E-state index is 0.271. The molecule has 6 heteroatoms. The number of benzene rings is 2. The lowest BCUT2D eigenvalue weighted by Crippen LogP contribution is -2.18. The van der Waals surface area contributed by atoms with E-state index in [0.29, 0.717) is 36.1 Å². The van der Waals surface area contributed by atoms with E-state index in [0.717, 1.165) is 17.9 Å². The molecular formula is C23H23N3O3. The smallest absolute Gasteiger partial charge is 0.274 e. The van der Waals surface area contributed by atoms with Crippen LogP contribution < -0.4 is 19.7 Å². The molecule has 1 N–H and O–H groups in total. The summed E-state index contributed by atoms with van der Waals surface area (Å²) < 4.78 is 11.1. The highest BCUT2D eigenvalue weighted by Gasteiger charge is 2.15. The number of hydrogen-bond acceptors (Lipinski definition) is 5. The predicted molar refractivity (Wildman–Crippen MR) is 113 cm³/mol. The van der Waals surface area contributed by atoms with Crippen LogP contribution in [-0.4, -0.2) is 30.6 Å². The van der Waals surface area contributed by atoms with Crippen molar-refractivity contribution in [2.24, 2.45) is 0 Å². The molecule has 0 bridgehead atoms. The molecule has 0 spiro atoms. The van der Waals surface area contributed by atoms with Gasteiger partial charge in [-0.2, -0.15) is 0 Å². The summed E-state index contributed by atoms with van der Waals surface area (Å²) in [5.41, 5.74) is 4.23. The Morgan fingerprint density at radius 2 is 1.86 bits per heavy atom. The topological polar surface area (TPSA) is 63.7 Å². The number of nitrogens with one attached hydrogen (secondary N) is 1. The minimum Gasteiger partial charge on any atom is -0.486 e. The number of carbonyl (C=O) groups excluding carboxylic acids is 1. The number of aryl methyl sites for hydroxylation is 1. The number of ether oxygens (including phenoxy) is 2. The summed E-state index contributed by atoms with van der Waals surface area (Å²) in [6.07, 6.45) is 1.73. The zero-order valence-corrected chi connectivity index (χ0v) is 16.5. The average molecular weight is 389 g/mol. The van der Waals surface area contributed by atoms with Gasteiger partial charge in [0.25, 0.3) is 5.91 Å². The van der Waals surface area contributed by atoms with E-state index < -0.39 is 0 Å². The SMILES string of the molecule is CCN(c1ccc(C(=O)Nc2ccc3c(c2)OCCO3)nc1)c1cccc(C)c1. The van der Waals surface area contributed by atoms with Crippen LogP contribution in [0.2, 0.25) is 0 Å². The molecule has 2 aromatic carbocycles. The van der Waals surface area contributed by atoms with Crippen LogP contribution in [0.15, 0.2) is 60.8 Å². The molecule has 0 saturated heterocycles. The molecular weight excluding hydrogens is 366 g/mol. The Labute approximate surface area is 170 Å². The van der Waals surface area contributed by atoms with Crippen molar-refractivity contribution in [2.75, 3.05) is 30.0 Å². The van der Waals surface area contributed by atoms with Gasteiger partial charge in [0.15, 0.2) is 11.5 Å². The summed E-state index contributed by atoms with van der Waals surface area (Å²) >= 11 is 0. The monoisotopic (exact) mass is 389 g/mol. The normalized spacial score (nSPS) is 12.3. The highest BCUT2D eigenvalue weighted by molar-refractivity contribution is 6.03. The summed E-state index contributed by atoms with van der Waals surface area (Å²) in [6, 6.07) is 17.3. The third kappa shape index (κ3) is 4.16. The number of carbonyl (C=O) groups is 1. The molecule has 0 saturated carbocycles. The molecule has 2 heterocycles. The Hall–Kier alpha value is -3.54. The number of aromatic nitrogens is 1. The maximum absolute atomic E-state index is 12.6. The molecule has 0 unspecified atom stereocenters. The van der Waals surface area contributed by atoms with Crippen LogP contribution in [-0.2, 0) is 0 Å². The van der Waals surface area contributed by atoms with Crippen molar-refractivity contribution >= 4 is 23.0 Å². The fraction of sp³-hybridized carbons (Fsp3) is 0.217. The van der Waals surface area contributed by atoms with Crippen LogP contribution in [0.3, 0.4) is 0 Å². The molecule has 1 aliphatic rings. The average Bonchev–Trinajstić information content (AvgIpc) is 2.75. The van der Waals surface area contributed by atoms with Crippen LogP contribution in [0.4, 0.5) is 17.1 Å². The lowest BCUT2D eigenvalue weighted by atomic mass is 10.2. The zero-order chi connectivity index (χ0) is 20.2. The Kier molecular flexibility index (Phi) is 5.33. The first-order chi connectivity index (χ1) is 14.1. The second-order valence-corrected chi connectivity index (χ2v) is 6.80. The minimum atomic E-state index is -0.271. The largest absolute Gasteiger partial charge is 0.486 e. The third-order valence-electron chi connectivity index (χ3n) is 4.72. The molecule has 0 atom stereocenters. The predicted octanol–water partition coefficient (Wildman–Crippen LogP) is 4.57. The van der Waals surface area contributed by atoms with E-state index in [9.17, 15) is 4.79 Å². The lowest BCUT2D eigenvalue weighted by Gasteiger charge is -2.23. The molecule has 0 aliphatic carbocycles. The van der Waals surface area contributed by atoms with E-state index in [1.165, 1.54) is 5.56 Å². The number of rotatable bonds is 5. The summed E-state index contributed by atoms with van der Waals surface area (Å²) in [4.78, 5) is 19.1. The van der Waals surface area contributed by atoms with E-state index in [1.54, 1.807) is 30.5 Å². The van der Waals surface area contributed by atoms with Crippen LogP contribution in [0.25, 0.3) is 0 Å². The molecule has 148 valence electrons. The number of fused-ring (bicyclic) bond motifs is 1. The standard InChI is InChI=1S/C23H23N3O3/c1-3-26(18-6-4-5-16(2)13-18)19-8-9-20(24-15-19)23(27)25-17-7-10-21-22(14-17)29-12-11-28-21/h4-10,13-15H,3,11-12H2,1-2H3,(H,25,27). The highest BCUT2D eigenvalue weighted by Crippen LogP contribution is 2.32. The van der Waals surface area contributed by atoms with Gasteiger partial charge in [-0.1, -0.05) is 12.1 Å². The second-order valence-electron chi connectivity index (χ2n) is 6.80. The zero-order valence-electron chi connectivity index (χ0n) is 16.5. The number of hydrogen-bond donors (Lipinski definition) is 1. The fourth-order valence-corrected chi connectivity index (χ4v) is 3.31. The number of pyridine rings is 1. The first kappa shape index (κ1) is 18.8. The van der Waals surface area contributed by atoms with Crippen LogP contribution in [0, 0.1) is 6.92 Å². The van der Waals surface area contributed by atoms with Crippen LogP contribution in [0.1, 0.15) is 23.0 Å². The first-order valence-electron chi connectivity index (χ1n) is 9.65. The van der Waals surface area contributed by atoms with E-state index in [1.807, 2.05) is 12.1 Å². The van der Waals surface area contributed by atoms with E-state index >= 15 is 0 Å². The molecule has 3 aromatic rings. The molecule has 1 amide bonds. The summed E-state index contributed by atoms with van der Waals surface area (Å²) in [5.74, 6) is 1.05. The maximum Gasteiger partial charge on any atom is 0.274 e. The molecule has 1 aliphatic heterocycles. The molecule has 0 fully saturated rings. The van der Waals surface area contributed by atoms with Gasteiger partial charge in [-0.25, -0.2) is 4.98 Å². The number of nitrogens with zero attached hydrogens (tertiary/aromatic N) is 2. The van der Waals surface area contributed by atoms with Crippen molar-refractivity contribution in [2.45, 2.75) is 13.8 Å². The van der Waals surface area contributed by atoms with Gasteiger partial charge in [-0.15, -0.1) is 0 Å². The van der Waals surface area contributed by atoms with Crippen molar-refractivity contribution in [1.29, 1.82) is 0 Å². The maximum atomic E-state index is 12.6. The summed E-state index contributed by atoms with van der Waals surface area (Å²) in [6.45, 7) is 5.99. The van der Waals surface area contributed by atoms with Crippen LogP contribution >= 0.6 is 0 Å².